The summed E-state index contributed by atoms with van der Waals surface area (Å²) in [6, 6.07) is 16.7. The normalized spacial score (nSPS) is 18.6. The van der Waals surface area contributed by atoms with Crippen LogP contribution in [0.4, 0.5) is 5.69 Å². The lowest BCUT2D eigenvalue weighted by molar-refractivity contribution is 0.117. The van der Waals surface area contributed by atoms with Crippen LogP contribution in [0.3, 0.4) is 0 Å². The van der Waals surface area contributed by atoms with Gasteiger partial charge in [-0.05, 0) is 37.1 Å². The van der Waals surface area contributed by atoms with E-state index in [0.717, 1.165) is 75.6 Å². The Morgan fingerprint density at radius 2 is 1.68 bits per heavy atom. The molecule has 0 aliphatic carbocycles. The van der Waals surface area contributed by atoms with E-state index in [0.29, 0.717) is 13.2 Å². The van der Waals surface area contributed by atoms with Crippen molar-refractivity contribution in [2.75, 3.05) is 50.8 Å². The van der Waals surface area contributed by atoms with Crippen LogP contribution in [-0.4, -0.2) is 62.0 Å². The minimum absolute atomic E-state index is 0.206. The summed E-state index contributed by atoms with van der Waals surface area (Å²) in [5, 5.41) is 10.9. The molecule has 0 aromatic heterocycles. The Hall–Kier alpha value is -2.24. The van der Waals surface area contributed by atoms with Crippen molar-refractivity contribution in [2.45, 2.75) is 44.6 Å². The lowest BCUT2D eigenvalue weighted by Crippen LogP contribution is -2.47. The van der Waals surface area contributed by atoms with Crippen molar-refractivity contribution in [3.8, 4) is 11.5 Å². The van der Waals surface area contributed by atoms with Gasteiger partial charge < -0.3 is 19.5 Å². The number of rotatable bonds is 9. The van der Waals surface area contributed by atoms with Gasteiger partial charge in [0.25, 0.3) is 0 Å². The predicted molar refractivity (Wildman–Crippen MR) is 125 cm³/mol. The van der Waals surface area contributed by atoms with Gasteiger partial charge in [-0.2, -0.15) is 0 Å². The highest BCUT2D eigenvalue weighted by Gasteiger charge is 2.25. The molecule has 2 aliphatic heterocycles. The highest BCUT2D eigenvalue weighted by molar-refractivity contribution is 5.65. The van der Waals surface area contributed by atoms with E-state index in [2.05, 4.69) is 59.2 Å². The monoisotopic (exact) mass is 424 g/mol. The van der Waals surface area contributed by atoms with Crippen molar-refractivity contribution in [3.05, 3.63) is 54.1 Å². The highest BCUT2D eigenvalue weighted by atomic mass is 16.6. The molecule has 1 fully saturated rings. The highest BCUT2D eigenvalue weighted by Crippen LogP contribution is 2.39. The maximum Gasteiger partial charge on any atom is 0.184 e. The van der Waals surface area contributed by atoms with Gasteiger partial charge in [0.1, 0.15) is 13.2 Å². The molecular formula is C26H36N2O3. The molecular weight excluding hydrogens is 388 g/mol. The van der Waals surface area contributed by atoms with Crippen molar-refractivity contribution in [1.82, 2.24) is 4.90 Å². The molecule has 168 valence electrons. The molecule has 1 N–H and O–H groups in total. The molecule has 0 bridgehead atoms. The summed E-state index contributed by atoms with van der Waals surface area (Å²) in [6.07, 6.45) is 3.81. The number of piperazine rings is 1. The zero-order chi connectivity index (χ0) is 21.5. The summed E-state index contributed by atoms with van der Waals surface area (Å²) in [7, 11) is 0. The number of para-hydroxylation sites is 1. The number of unbranched alkanes of at least 4 members (excludes halogenated alkanes) is 1. The second kappa shape index (κ2) is 10.9. The SMILES string of the molecule is CCCCC(O)C(CCN1CCN(c2cccc3c2OCCO3)CC1)c1ccccc1. The van der Waals surface area contributed by atoms with Gasteiger partial charge in [-0.15, -0.1) is 0 Å². The maximum absolute atomic E-state index is 10.9. The van der Waals surface area contributed by atoms with Crippen LogP contribution < -0.4 is 14.4 Å². The lowest BCUT2D eigenvalue weighted by atomic mass is 9.87. The van der Waals surface area contributed by atoms with E-state index in [1.165, 1.54) is 5.56 Å². The van der Waals surface area contributed by atoms with Crippen LogP contribution in [-0.2, 0) is 0 Å². The fourth-order valence-electron chi connectivity index (χ4n) is 4.74. The molecule has 2 aromatic carbocycles. The second-order valence-corrected chi connectivity index (χ2v) is 8.65. The van der Waals surface area contributed by atoms with Gasteiger partial charge in [0.15, 0.2) is 11.5 Å². The molecule has 0 amide bonds. The summed E-state index contributed by atoms with van der Waals surface area (Å²) in [4.78, 5) is 4.94. The van der Waals surface area contributed by atoms with E-state index in [9.17, 15) is 5.11 Å². The second-order valence-electron chi connectivity index (χ2n) is 8.65. The van der Waals surface area contributed by atoms with Crippen molar-refractivity contribution in [2.24, 2.45) is 0 Å². The van der Waals surface area contributed by atoms with Crippen molar-refractivity contribution >= 4 is 5.69 Å². The fourth-order valence-corrected chi connectivity index (χ4v) is 4.74. The lowest BCUT2D eigenvalue weighted by Gasteiger charge is -2.38. The minimum Gasteiger partial charge on any atom is -0.486 e. The van der Waals surface area contributed by atoms with E-state index in [1.807, 2.05) is 6.07 Å². The summed E-state index contributed by atoms with van der Waals surface area (Å²) in [5.41, 5.74) is 2.41. The van der Waals surface area contributed by atoms with Gasteiger partial charge in [0.05, 0.1) is 11.8 Å². The number of anilines is 1. The van der Waals surface area contributed by atoms with Crippen LogP contribution in [0, 0.1) is 0 Å². The Morgan fingerprint density at radius 3 is 2.45 bits per heavy atom. The number of ether oxygens (including phenoxy) is 2. The largest absolute Gasteiger partial charge is 0.486 e. The molecule has 2 unspecified atom stereocenters. The summed E-state index contributed by atoms with van der Waals surface area (Å²) in [5.74, 6) is 1.96. The van der Waals surface area contributed by atoms with Crippen LogP contribution in [0.1, 0.15) is 44.1 Å². The number of hydrogen-bond acceptors (Lipinski definition) is 5. The van der Waals surface area contributed by atoms with Gasteiger partial charge in [-0.25, -0.2) is 0 Å². The fraction of sp³-hybridized carbons (Fsp3) is 0.538. The quantitative estimate of drug-likeness (QED) is 0.650. The Bertz CT molecular complexity index is 806. The third-order valence-corrected chi connectivity index (χ3v) is 6.56. The van der Waals surface area contributed by atoms with Gasteiger partial charge in [-0.1, -0.05) is 56.2 Å². The first-order valence-corrected chi connectivity index (χ1v) is 11.8. The molecule has 1 saturated heterocycles. The van der Waals surface area contributed by atoms with Crippen LogP contribution in [0.5, 0.6) is 11.5 Å². The molecule has 0 saturated carbocycles. The van der Waals surface area contributed by atoms with Crippen LogP contribution >= 0.6 is 0 Å². The molecule has 31 heavy (non-hydrogen) atoms. The van der Waals surface area contributed by atoms with Crippen LogP contribution in [0.2, 0.25) is 0 Å². The zero-order valence-electron chi connectivity index (χ0n) is 18.7. The number of aliphatic hydroxyl groups excluding tert-OH is 1. The topological polar surface area (TPSA) is 45.2 Å². The van der Waals surface area contributed by atoms with E-state index < -0.39 is 0 Å². The molecule has 2 heterocycles. The number of fused-ring (bicyclic) bond motifs is 1. The van der Waals surface area contributed by atoms with Gasteiger partial charge in [0, 0.05) is 32.1 Å². The Balaban J connectivity index is 1.34. The predicted octanol–water partition coefficient (Wildman–Crippen LogP) is 4.30. The first-order chi connectivity index (χ1) is 15.3. The summed E-state index contributed by atoms with van der Waals surface area (Å²) in [6.45, 7) is 8.45. The maximum atomic E-state index is 10.9. The zero-order valence-corrected chi connectivity index (χ0v) is 18.7. The minimum atomic E-state index is -0.267. The standard InChI is InChI=1S/C26H36N2O3/c1-2-3-11-24(29)22(21-8-5-4-6-9-21)13-14-27-15-17-28(18-16-27)23-10-7-12-25-26(23)31-20-19-30-25/h4-10,12,22,24,29H,2-3,11,13-20H2,1H3. The van der Waals surface area contributed by atoms with Crippen molar-refractivity contribution in [1.29, 1.82) is 0 Å². The Labute approximate surface area is 186 Å². The number of benzene rings is 2. The molecule has 0 spiro atoms. The van der Waals surface area contributed by atoms with Crippen molar-refractivity contribution in [3.63, 3.8) is 0 Å². The summed E-state index contributed by atoms with van der Waals surface area (Å²) < 4.78 is 11.7. The molecule has 0 radical (unpaired) electrons. The van der Waals surface area contributed by atoms with E-state index in [1.54, 1.807) is 0 Å². The first kappa shape index (κ1) is 22.0. The van der Waals surface area contributed by atoms with E-state index in [-0.39, 0.29) is 12.0 Å². The molecule has 5 heteroatoms. The smallest absolute Gasteiger partial charge is 0.184 e. The molecule has 2 aromatic rings. The Kier molecular flexibility index (Phi) is 7.71. The molecule has 5 nitrogen and oxygen atoms in total. The van der Waals surface area contributed by atoms with Gasteiger partial charge in [-0.3, -0.25) is 4.90 Å². The summed E-state index contributed by atoms with van der Waals surface area (Å²) >= 11 is 0. The van der Waals surface area contributed by atoms with Gasteiger partial charge in [0.2, 0.25) is 0 Å². The third kappa shape index (κ3) is 5.52. The average Bonchev–Trinajstić information content (AvgIpc) is 2.83. The van der Waals surface area contributed by atoms with Gasteiger partial charge >= 0.3 is 0 Å². The average molecular weight is 425 g/mol. The van der Waals surface area contributed by atoms with Crippen LogP contribution in [0.25, 0.3) is 0 Å². The first-order valence-electron chi connectivity index (χ1n) is 11.8. The molecule has 4 rings (SSSR count). The third-order valence-electron chi connectivity index (χ3n) is 6.56. The number of aliphatic hydroxyl groups is 1. The number of hydrogen-bond donors (Lipinski definition) is 1. The van der Waals surface area contributed by atoms with Crippen LogP contribution in [0.15, 0.2) is 48.5 Å². The Morgan fingerprint density at radius 1 is 0.903 bits per heavy atom. The van der Waals surface area contributed by atoms with E-state index >= 15 is 0 Å². The molecule has 2 aliphatic rings. The van der Waals surface area contributed by atoms with Crippen molar-refractivity contribution < 1.29 is 14.6 Å². The molecule has 2 atom stereocenters. The number of nitrogens with zero attached hydrogens (tertiary/aromatic N) is 2. The van der Waals surface area contributed by atoms with E-state index in [4.69, 9.17) is 9.47 Å².